The average Bonchev–Trinajstić information content (AvgIpc) is 2.45. The van der Waals surface area contributed by atoms with Crippen molar-refractivity contribution in [1.82, 2.24) is 0 Å². The molecule has 12 heavy (non-hydrogen) atoms. The molecule has 0 aromatic rings. The highest BCUT2D eigenvalue weighted by molar-refractivity contribution is 5.99. The minimum atomic E-state index is -0.472. The van der Waals surface area contributed by atoms with Gasteiger partial charge in [-0.2, -0.15) is 0 Å². The van der Waals surface area contributed by atoms with Crippen molar-refractivity contribution in [3.8, 4) is 0 Å². The topological polar surface area (TPSA) is 43.4 Å². The molecular weight excluding hydrogens is 156 g/mol. The zero-order valence-corrected chi connectivity index (χ0v) is 7.50. The summed E-state index contributed by atoms with van der Waals surface area (Å²) in [5.41, 5.74) is 0. The highest BCUT2D eigenvalue weighted by Gasteiger charge is 2.37. The third kappa shape index (κ3) is 1.65. The fourth-order valence-corrected chi connectivity index (χ4v) is 1.41. The van der Waals surface area contributed by atoms with E-state index in [0.717, 1.165) is 6.42 Å². The molecule has 3 heteroatoms. The van der Waals surface area contributed by atoms with Crippen LogP contribution >= 0.6 is 0 Å². The van der Waals surface area contributed by atoms with Crippen molar-refractivity contribution in [3.63, 3.8) is 0 Å². The molecule has 0 bridgehead atoms. The van der Waals surface area contributed by atoms with E-state index >= 15 is 0 Å². The number of Topliss-reactive ketones (excluding diaryl/α,β-unsaturated/α-hetero) is 1. The third-order valence-corrected chi connectivity index (χ3v) is 2.26. The van der Waals surface area contributed by atoms with Crippen LogP contribution in [0.4, 0.5) is 0 Å². The van der Waals surface area contributed by atoms with E-state index in [-0.39, 0.29) is 17.9 Å². The largest absolute Gasteiger partial charge is 0.462 e. The maximum absolute atomic E-state index is 11.2. The Morgan fingerprint density at radius 1 is 1.58 bits per heavy atom. The maximum Gasteiger partial charge on any atom is 0.316 e. The van der Waals surface area contributed by atoms with E-state index < -0.39 is 5.92 Å². The molecule has 1 aliphatic heterocycles. The highest BCUT2D eigenvalue weighted by Crippen LogP contribution is 2.24. The van der Waals surface area contributed by atoms with Crippen molar-refractivity contribution in [2.45, 2.75) is 39.2 Å². The van der Waals surface area contributed by atoms with Crippen LogP contribution in [0.2, 0.25) is 0 Å². The number of rotatable bonds is 3. The fourth-order valence-electron chi connectivity index (χ4n) is 1.41. The van der Waals surface area contributed by atoms with Gasteiger partial charge in [-0.3, -0.25) is 9.59 Å². The summed E-state index contributed by atoms with van der Waals surface area (Å²) in [7, 11) is 0. The standard InChI is InChI=1S/C9H14O3/c1-3-6-5-7(8(10)4-2)9(11)12-6/h6-7H,3-5H2,1-2H3. The number of ketones is 1. The number of ether oxygens (including phenoxy) is 1. The number of cyclic esters (lactones) is 1. The first-order valence-corrected chi connectivity index (χ1v) is 4.42. The summed E-state index contributed by atoms with van der Waals surface area (Å²) >= 11 is 0. The second kappa shape index (κ2) is 3.70. The first-order chi connectivity index (χ1) is 5.69. The molecule has 1 fully saturated rings. The van der Waals surface area contributed by atoms with Crippen LogP contribution in [-0.2, 0) is 14.3 Å². The smallest absolute Gasteiger partial charge is 0.316 e. The Labute approximate surface area is 72.1 Å². The highest BCUT2D eigenvalue weighted by atomic mass is 16.6. The molecule has 0 amide bonds. The fraction of sp³-hybridized carbons (Fsp3) is 0.778. The molecule has 0 aromatic heterocycles. The van der Waals surface area contributed by atoms with Gasteiger partial charge in [0.05, 0.1) is 0 Å². The van der Waals surface area contributed by atoms with E-state index in [4.69, 9.17) is 4.74 Å². The van der Waals surface area contributed by atoms with Gasteiger partial charge < -0.3 is 4.74 Å². The lowest BCUT2D eigenvalue weighted by Crippen LogP contribution is -2.17. The predicted molar refractivity (Wildman–Crippen MR) is 43.6 cm³/mol. The molecule has 0 spiro atoms. The normalized spacial score (nSPS) is 28.7. The van der Waals surface area contributed by atoms with E-state index in [1.165, 1.54) is 0 Å². The van der Waals surface area contributed by atoms with Crippen LogP contribution < -0.4 is 0 Å². The molecular formula is C9H14O3. The van der Waals surface area contributed by atoms with Crippen molar-refractivity contribution in [1.29, 1.82) is 0 Å². The molecule has 1 rings (SSSR count). The number of carbonyl (C=O) groups excluding carboxylic acids is 2. The minimum absolute atomic E-state index is 0.0101. The van der Waals surface area contributed by atoms with Crippen molar-refractivity contribution >= 4 is 11.8 Å². The molecule has 3 nitrogen and oxygen atoms in total. The van der Waals surface area contributed by atoms with Crippen LogP contribution in [0, 0.1) is 5.92 Å². The van der Waals surface area contributed by atoms with Crippen LogP contribution in [0.25, 0.3) is 0 Å². The summed E-state index contributed by atoms with van der Waals surface area (Å²) in [6.07, 6.45) is 1.79. The molecule has 1 heterocycles. The van der Waals surface area contributed by atoms with Gasteiger partial charge in [-0.15, -0.1) is 0 Å². The van der Waals surface area contributed by atoms with E-state index in [1.54, 1.807) is 6.92 Å². The maximum atomic E-state index is 11.2. The summed E-state index contributed by atoms with van der Waals surface area (Å²) in [4.78, 5) is 22.3. The third-order valence-electron chi connectivity index (χ3n) is 2.26. The average molecular weight is 170 g/mol. The van der Waals surface area contributed by atoms with Crippen molar-refractivity contribution in [2.75, 3.05) is 0 Å². The molecule has 2 unspecified atom stereocenters. The SMILES string of the molecule is CCC(=O)C1CC(CC)OC1=O. The van der Waals surface area contributed by atoms with Gasteiger partial charge in [0.15, 0.2) is 0 Å². The Morgan fingerprint density at radius 2 is 2.25 bits per heavy atom. The minimum Gasteiger partial charge on any atom is -0.462 e. The van der Waals surface area contributed by atoms with Gasteiger partial charge in [0.25, 0.3) is 0 Å². The van der Waals surface area contributed by atoms with Crippen molar-refractivity contribution < 1.29 is 14.3 Å². The first-order valence-electron chi connectivity index (χ1n) is 4.42. The summed E-state index contributed by atoms with van der Waals surface area (Å²) in [6, 6.07) is 0. The Hall–Kier alpha value is -0.860. The molecule has 0 aromatic carbocycles. The Bertz CT molecular complexity index is 198. The molecule has 68 valence electrons. The monoisotopic (exact) mass is 170 g/mol. The lowest BCUT2D eigenvalue weighted by molar-refractivity contribution is -0.146. The van der Waals surface area contributed by atoms with Gasteiger partial charge in [0, 0.05) is 12.8 Å². The summed E-state index contributed by atoms with van der Waals surface area (Å²) in [5, 5.41) is 0. The van der Waals surface area contributed by atoms with E-state index in [0.29, 0.717) is 12.8 Å². The van der Waals surface area contributed by atoms with Crippen LogP contribution in [0.1, 0.15) is 33.1 Å². The van der Waals surface area contributed by atoms with Crippen molar-refractivity contribution in [3.05, 3.63) is 0 Å². The number of hydrogen-bond acceptors (Lipinski definition) is 3. The molecule has 0 radical (unpaired) electrons. The Morgan fingerprint density at radius 3 is 2.67 bits per heavy atom. The van der Waals surface area contributed by atoms with E-state index in [9.17, 15) is 9.59 Å². The van der Waals surface area contributed by atoms with Crippen LogP contribution in [0.15, 0.2) is 0 Å². The predicted octanol–water partition coefficient (Wildman–Crippen LogP) is 1.31. The van der Waals surface area contributed by atoms with Crippen LogP contribution in [0.5, 0.6) is 0 Å². The zero-order valence-electron chi connectivity index (χ0n) is 7.50. The Kier molecular flexibility index (Phi) is 2.84. The Balaban J connectivity index is 2.57. The molecule has 2 atom stereocenters. The molecule has 0 saturated carbocycles. The molecule has 1 saturated heterocycles. The summed E-state index contributed by atoms with van der Waals surface area (Å²) in [6.45, 7) is 3.73. The van der Waals surface area contributed by atoms with E-state index in [2.05, 4.69) is 0 Å². The van der Waals surface area contributed by atoms with Gasteiger partial charge in [0.1, 0.15) is 17.8 Å². The summed E-state index contributed by atoms with van der Waals surface area (Å²) < 4.78 is 4.99. The molecule has 0 N–H and O–H groups in total. The van der Waals surface area contributed by atoms with Crippen LogP contribution in [-0.4, -0.2) is 17.9 Å². The van der Waals surface area contributed by atoms with Crippen molar-refractivity contribution in [2.24, 2.45) is 5.92 Å². The number of carbonyl (C=O) groups is 2. The molecule has 0 aliphatic carbocycles. The zero-order chi connectivity index (χ0) is 9.14. The van der Waals surface area contributed by atoms with E-state index in [1.807, 2.05) is 6.92 Å². The lowest BCUT2D eigenvalue weighted by atomic mass is 9.98. The summed E-state index contributed by atoms with van der Waals surface area (Å²) in [5.74, 6) is -0.787. The van der Waals surface area contributed by atoms with Gasteiger partial charge >= 0.3 is 5.97 Å². The number of hydrogen-bond donors (Lipinski definition) is 0. The quantitative estimate of drug-likeness (QED) is 0.473. The van der Waals surface area contributed by atoms with Gasteiger partial charge in [0.2, 0.25) is 0 Å². The first kappa shape index (κ1) is 9.23. The lowest BCUT2D eigenvalue weighted by Gasteiger charge is -2.02. The molecule has 1 aliphatic rings. The second-order valence-corrected chi connectivity index (χ2v) is 3.08. The second-order valence-electron chi connectivity index (χ2n) is 3.08. The van der Waals surface area contributed by atoms with Gasteiger partial charge in [-0.05, 0) is 6.42 Å². The number of esters is 1. The van der Waals surface area contributed by atoms with Gasteiger partial charge in [-0.25, -0.2) is 0 Å². The van der Waals surface area contributed by atoms with Gasteiger partial charge in [-0.1, -0.05) is 13.8 Å². The van der Waals surface area contributed by atoms with Crippen LogP contribution in [0.3, 0.4) is 0 Å².